The van der Waals surface area contributed by atoms with E-state index in [0.29, 0.717) is 13.2 Å². The Morgan fingerprint density at radius 1 is 1.07 bits per heavy atom. The summed E-state index contributed by atoms with van der Waals surface area (Å²) in [6.45, 7) is 4.73. The summed E-state index contributed by atoms with van der Waals surface area (Å²) in [6, 6.07) is 9.98. The lowest BCUT2D eigenvalue weighted by atomic mass is 10.1. The van der Waals surface area contributed by atoms with E-state index in [1.807, 2.05) is 46.8 Å². The average molecular weight is 388 g/mol. The summed E-state index contributed by atoms with van der Waals surface area (Å²) in [5.41, 5.74) is 1.01. The number of likely N-dealkylation sites (tertiary alicyclic amines) is 1. The Kier molecular flexibility index (Phi) is 5.63. The summed E-state index contributed by atoms with van der Waals surface area (Å²) < 4.78 is 7.41. The Hall–Kier alpha value is -2.06. The molecule has 2 aliphatic rings. The normalized spacial score (nSPS) is 18.7. The molecule has 144 valence electrons. The number of hydrogen-bond acceptors (Lipinski definition) is 6. The van der Waals surface area contributed by atoms with Gasteiger partial charge in [0.2, 0.25) is 11.9 Å². The van der Waals surface area contributed by atoms with E-state index >= 15 is 0 Å². The smallest absolute Gasteiger partial charge is 0.240 e. The van der Waals surface area contributed by atoms with E-state index in [1.165, 1.54) is 11.8 Å². The fraction of sp³-hybridized carbons (Fsp3) is 0.526. The maximum atomic E-state index is 13.2. The van der Waals surface area contributed by atoms with Gasteiger partial charge in [0.25, 0.3) is 0 Å². The molecule has 7 nitrogen and oxygen atoms in total. The second-order valence-corrected chi connectivity index (χ2v) is 7.95. The minimum Gasteiger partial charge on any atom is -0.378 e. The molecule has 1 unspecified atom stereocenters. The molecule has 1 atom stereocenters. The third kappa shape index (κ3) is 3.96. The molecule has 1 amide bonds. The second-order valence-electron chi connectivity index (χ2n) is 6.88. The standard InChI is InChI=1S/C19H25N5O2S/c1-22-18(24-11-13-26-14-12-24)20-21-19(22)27-16(15-7-3-2-4-8-15)17(25)23-9-5-6-10-23/h2-4,7-8,16H,5-6,9-14H2,1H3. The minimum absolute atomic E-state index is 0.166. The van der Waals surface area contributed by atoms with E-state index in [9.17, 15) is 4.79 Å². The number of anilines is 1. The SMILES string of the molecule is Cn1c(SC(C(=O)N2CCCC2)c2ccccc2)nnc1N1CCOCC1. The van der Waals surface area contributed by atoms with Crippen LogP contribution in [0.25, 0.3) is 0 Å². The molecule has 1 aromatic heterocycles. The van der Waals surface area contributed by atoms with Crippen molar-refractivity contribution in [1.82, 2.24) is 19.7 Å². The minimum atomic E-state index is -0.301. The molecular weight excluding hydrogens is 362 g/mol. The van der Waals surface area contributed by atoms with Crippen molar-refractivity contribution in [3.8, 4) is 0 Å². The highest BCUT2D eigenvalue weighted by atomic mass is 32.2. The lowest BCUT2D eigenvalue weighted by molar-refractivity contribution is -0.129. The number of amides is 1. The summed E-state index contributed by atoms with van der Waals surface area (Å²) >= 11 is 1.49. The van der Waals surface area contributed by atoms with Gasteiger partial charge in [0.1, 0.15) is 5.25 Å². The van der Waals surface area contributed by atoms with Crippen LogP contribution in [0.2, 0.25) is 0 Å². The summed E-state index contributed by atoms with van der Waals surface area (Å²) in [5, 5.41) is 9.23. The number of morpholine rings is 1. The van der Waals surface area contributed by atoms with Crippen molar-refractivity contribution in [3.05, 3.63) is 35.9 Å². The quantitative estimate of drug-likeness (QED) is 0.732. The largest absolute Gasteiger partial charge is 0.378 e. The van der Waals surface area contributed by atoms with E-state index in [-0.39, 0.29) is 11.2 Å². The first-order valence-corrected chi connectivity index (χ1v) is 10.3. The zero-order valence-electron chi connectivity index (χ0n) is 15.6. The lowest BCUT2D eigenvalue weighted by Crippen LogP contribution is -2.37. The fourth-order valence-electron chi connectivity index (χ4n) is 3.55. The van der Waals surface area contributed by atoms with Crippen molar-refractivity contribution in [2.75, 3.05) is 44.3 Å². The molecule has 0 radical (unpaired) electrons. The van der Waals surface area contributed by atoms with Gasteiger partial charge >= 0.3 is 0 Å². The van der Waals surface area contributed by atoms with Crippen LogP contribution in [0.1, 0.15) is 23.7 Å². The average Bonchev–Trinajstić information content (AvgIpc) is 3.37. The molecule has 4 rings (SSSR count). The molecule has 27 heavy (non-hydrogen) atoms. The van der Waals surface area contributed by atoms with Crippen LogP contribution in [0.5, 0.6) is 0 Å². The van der Waals surface area contributed by atoms with Crippen LogP contribution in [0.3, 0.4) is 0 Å². The summed E-state index contributed by atoms with van der Waals surface area (Å²) in [5.74, 6) is 1.00. The topological polar surface area (TPSA) is 63.5 Å². The number of carbonyl (C=O) groups excluding carboxylic acids is 1. The van der Waals surface area contributed by atoms with E-state index in [2.05, 4.69) is 15.1 Å². The van der Waals surface area contributed by atoms with Gasteiger partial charge in [-0.3, -0.25) is 9.36 Å². The zero-order valence-corrected chi connectivity index (χ0v) is 16.4. The highest BCUT2D eigenvalue weighted by Crippen LogP contribution is 2.37. The fourth-order valence-corrected chi connectivity index (χ4v) is 4.63. The third-order valence-corrected chi connectivity index (χ3v) is 6.35. The van der Waals surface area contributed by atoms with Gasteiger partial charge in [-0.2, -0.15) is 0 Å². The van der Waals surface area contributed by atoms with Gasteiger partial charge in [-0.15, -0.1) is 10.2 Å². The lowest BCUT2D eigenvalue weighted by Gasteiger charge is -2.27. The molecule has 2 saturated heterocycles. The Morgan fingerprint density at radius 3 is 2.48 bits per heavy atom. The maximum absolute atomic E-state index is 13.2. The molecule has 0 N–H and O–H groups in total. The number of hydrogen-bond donors (Lipinski definition) is 0. The van der Waals surface area contributed by atoms with Gasteiger partial charge in [-0.1, -0.05) is 42.1 Å². The first-order valence-electron chi connectivity index (χ1n) is 9.46. The maximum Gasteiger partial charge on any atom is 0.240 e. The van der Waals surface area contributed by atoms with Gasteiger partial charge in [0.15, 0.2) is 5.16 Å². The molecule has 8 heteroatoms. The second kappa shape index (κ2) is 8.31. The number of rotatable bonds is 5. The predicted octanol–water partition coefficient (Wildman–Crippen LogP) is 2.11. The van der Waals surface area contributed by atoms with Gasteiger partial charge in [-0.05, 0) is 18.4 Å². The Labute approximate surface area is 163 Å². The van der Waals surface area contributed by atoms with Gasteiger partial charge in [-0.25, -0.2) is 0 Å². The Bertz CT molecular complexity index is 770. The molecule has 0 aliphatic carbocycles. The van der Waals surface area contributed by atoms with Crippen molar-refractivity contribution in [2.24, 2.45) is 7.05 Å². The predicted molar refractivity (Wildman–Crippen MR) is 105 cm³/mol. The Morgan fingerprint density at radius 2 is 1.78 bits per heavy atom. The number of aromatic nitrogens is 3. The molecule has 2 fully saturated rings. The van der Waals surface area contributed by atoms with Crippen molar-refractivity contribution in [1.29, 1.82) is 0 Å². The molecule has 0 bridgehead atoms. The number of thioether (sulfide) groups is 1. The summed E-state index contributed by atoms with van der Waals surface area (Å²) in [6.07, 6.45) is 2.17. The number of benzene rings is 1. The van der Waals surface area contributed by atoms with Gasteiger partial charge in [0, 0.05) is 33.2 Å². The van der Waals surface area contributed by atoms with Crippen LogP contribution in [0.15, 0.2) is 35.5 Å². The van der Waals surface area contributed by atoms with Crippen LogP contribution in [0.4, 0.5) is 5.95 Å². The molecular formula is C19H25N5O2S. The van der Waals surface area contributed by atoms with Gasteiger partial charge < -0.3 is 14.5 Å². The van der Waals surface area contributed by atoms with Crippen molar-refractivity contribution >= 4 is 23.6 Å². The summed E-state index contributed by atoms with van der Waals surface area (Å²) in [4.78, 5) is 17.3. The van der Waals surface area contributed by atoms with E-state index < -0.39 is 0 Å². The number of carbonyl (C=O) groups is 1. The first-order chi connectivity index (χ1) is 13.2. The first kappa shape index (κ1) is 18.3. The monoisotopic (exact) mass is 387 g/mol. The van der Waals surface area contributed by atoms with Crippen LogP contribution in [-0.4, -0.2) is 65.0 Å². The van der Waals surface area contributed by atoms with Gasteiger partial charge in [0.05, 0.1) is 13.2 Å². The van der Waals surface area contributed by atoms with E-state index in [1.54, 1.807) is 0 Å². The van der Waals surface area contributed by atoms with Crippen molar-refractivity contribution < 1.29 is 9.53 Å². The zero-order chi connectivity index (χ0) is 18.6. The van der Waals surface area contributed by atoms with E-state index in [0.717, 1.165) is 55.7 Å². The molecule has 1 aromatic carbocycles. The molecule has 2 aromatic rings. The molecule has 2 aliphatic heterocycles. The van der Waals surface area contributed by atoms with Crippen molar-refractivity contribution in [3.63, 3.8) is 0 Å². The molecule has 0 saturated carbocycles. The van der Waals surface area contributed by atoms with Crippen LogP contribution >= 0.6 is 11.8 Å². The molecule has 0 spiro atoms. The summed E-state index contributed by atoms with van der Waals surface area (Å²) in [7, 11) is 1.97. The van der Waals surface area contributed by atoms with Crippen LogP contribution in [0, 0.1) is 0 Å². The van der Waals surface area contributed by atoms with E-state index in [4.69, 9.17) is 4.74 Å². The third-order valence-electron chi connectivity index (χ3n) is 5.07. The number of nitrogens with zero attached hydrogens (tertiary/aromatic N) is 5. The highest BCUT2D eigenvalue weighted by Gasteiger charge is 2.30. The highest BCUT2D eigenvalue weighted by molar-refractivity contribution is 8.00. The van der Waals surface area contributed by atoms with Crippen LogP contribution in [-0.2, 0) is 16.6 Å². The van der Waals surface area contributed by atoms with Crippen LogP contribution < -0.4 is 4.90 Å². The molecule has 3 heterocycles. The Balaban J connectivity index is 1.58. The number of ether oxygens (including phenoxy) is 1. The van der Waals surface area contributed by atoms with Crippen molar-refractivity contribution in [2.45, 2.75) is 23.2 Å².